The van der Waals surface area contributed by atoms with E-state index in [1.165, 1.54) is 23.1 Å². The Balaban J connectivity index is 1.39. The number of carbonyl (C=O) groups is 2. The van der Waals surface area contributed by atoms with Crippen LogP contribution in [0.1, 0.15) is 22.2 Å². The van der Waals surface area contributed by atoms with Crippen LogP contribution in [0.3, 0.4) is 0 Å². The molecule has 3 N–H and O–H groups in total. The molecule has 1 aromatic carbocycles. The second kappa shape index (κ2) is 11.1. The Morgan fingerprint density at radius 1 is 1.16 bits per heavy atom. The molecule has 2 atom stereocenters. The maximum absolute atomic E-state index is 13.1. The molecule has 0 radical (unpaired) electrons. The fraction of sp³-hybridized carbons (Fsp3) is 0.154. The summed E-state index contributed by atoms with van der Waals surface area (Å²) in [5, 5.41) is 10.3. The van der Waals surface area contributed by atoms with Gasteiger partial charge in [-0.1, -0.05) is 35.3 Å². The SMILES string of the molecule is NC(=O)[C@H](Cc1cccs1)NC(=O)C1=CCC(c2cc(-c3cccnc3)nn2-c2ccc(Cl)c(Cl)c2)S1. The van der Waals surface area contributed by atoms with E-state index in [1.807, 2.05) is 52.5 Å². The molecule has 1 unspecified atom stereocenters. The third-order valence-corrected chi connectivity index (χ3v) is 8.78. The van der Waals surface area contributed by atoms with Crippen LogP contribution in [-0.4, -0.2) is 32.6 Å². The number of hydrogen-bond acceptors (Lipinski definition) is 6. The summed E-state index contributed by atoms with van der Waals surface area (Å²) in [6.45, 7) is 0. The lowest BCUT2D eigenvalue weighted by Gasteiger charge is -2.16. The molecule has 4 aromatic rings. The predicted octanol–water partition coefficient (Wildman–Crippen LogP) is 5.58. The molecular weight excluding hydrogens is 549 g/mol. The summed E-state index contributed by atoms with van der Waals surface area (Å²) in [5.41, 5.74) is 8.84. The van der Waals surface area contributed by atoms with Crippen molar-refractivity contribution < 1.29 is 9.59 Å². The van der Waals surface area contributed by atoms with Crippen LogP contribution in [0.4, 0.5) is 0 Å². The Hall–Kier alpha value is -3.11. The van der Waals surface area contributed by atoms with Crippen LogP contribution in [-0.2, 0) is 16.0 Å². The van der Waals surface area contributed by atoms with E-state index >= 15 is 0 Å². The minimum Gasteiger partial charge on any atom is -0.368 e. The number of halogens is 2. The van der Waals surface area contributed by atoms with Crippen molar-refractivity contribution in [3.8, 4) is 16.9 Å². The highest BCUT2D eigenvalue weighted by Gasteiger charge is 2.30. The van der Waals surface area contributed by atoms with Crippen LogP contribution in [0.15, 0.2) is 77.3 Å². The fourth-order valence-electron chi connectivity index (χ4n) is 3.98. The van der Waals surface area contributed by atoms with Gasteiger partial charge in [0.15, 0.2) is 0 Å². The lowest BCUT2D eigenvalue weighted by atomic mass is 10.1. The van der Waals surface area contributed by atoms with E-state index in [9.17, 15) is 9.59 Å². The van der Waals surface area contributed by atoms with Gasteiger partial charge in [-0.2, -0.15) is 5.10 Å². The Morgan fingerprint density at radius 2 is 2.03 bits per heavy atom. The Morgan fingerprint density at radius 3 is 2.73 bits per heavy atom. The summed E-state index contributed by atoms with van der Waals surface area (Å²) < 4.78 is 1.82. The third kappa shape index (κ3) is 5.75. The van der Waals surface area contributed by atoms with E-state index in [-0.39, 0.29) is 11.2 Å². The smallest absolute Gasteiger partial charge is 0.258 e. The first kappa shape index (κ1) is 25.5. The molecule has 5 rings (SSSR count). The zero-order valence-corrected chi connectivity index (χ0v) is 22.4. The van der Waals surface area contributed by atoms with E-state index in [0.717, 1.165) is 27.5 Å². The van der Waals surface area contributed by atoms with E-state index in [4.69, 9.17) is 34.0 Å². The number of thiophene rings is 1. The van der Waals surface area contributed by atoms with E-state index in [1.54, 1.807) is 24.5 Å². The molecule has 188 valence electrons. The molecule has 3 aromatic heterocycles. The predicted molar refractivity (Wildman–Crippen MR) is 149 cm³/mol. The van der Waals surface area contributed by atoms with Crippen LogP contribution in [0.25, 0.3) is 16.9 Å². The van der Waals surface area contributed by atoms with E-state index in [0.29, 0.717) is 27.8 Å². The lowest BCUT2D eigenvalue weighted by molar-refractivity contribution is -0.125. The lowest BCUT2D eigenvalue weighted by Crippen LogP contribution is -2.45. The number of amides is 2. The molecule has 2 amide bonds. The van der Waals surface area contributed by atoms with Gasteiger partial charge in [-0.15, -0.1) is 23.1 Å². The van der Waals surface area contributed by atoms with Gasteiger partial charge < -0.3 is 11.1 Å². The highest BCUT2D eigenvalue weighted by molar-refractivity contribution is 8.04. The molecule has 0 aliphatic carbocycles. The van der Waals surface area contributed by atoms with E-state index in [2.05, 4.69) is 10.3 Å². The summed E-state index contributed by atoms with van der Waals surface area (Å²) in [5.74, 6) is -0.887. The van der Waals surface area contributed by atoms with Gasteiger partial charge in [0.25, 0.3) is 5.91 Å². The van der Waals surface area contributed by atoms with Crippen LogP contribution in [0, 0.1) is 0 Å². The zero-order chi connectivity index (χ0) is 25.9. The van der Waals surface area contributed by atoms with Crippen molar-refractivity contribution in [1.29, 1.82) is 0 Å². The summed E-state index contributed by atoms with van der Waals surface area (Å²) in [6, 6.07) is 14.1. The molecule has 1 aliphatic heterocycles. The standard InChI is InChI=1S/C26H21Cl2N5O2S2/c27-18-6-5-16(11-19(18)28)33-22(13-20(32-33)15-3-1-9-30-14-15)23-7-8-24(37-23)26(35)31-21(25(29)34)12-17-4-2-10-36-17/h1-6,8-11,13-14,21,23H,7,12H2,(H2,29,34)(H,31,35)/t21-,23?/m0/s1. The molecule has 0 bridgehead atoms. The van der Waals surface area contributed by atoms with Crippen molar-refractivity contribution in [1.82, 2.24) is 20.1 Å². The first-order chi connectivity index (χ1) is 17.9. The van der Waals surface area contributed by atoms with Gasteiger partial charge in [0.2, 0.25) is 5.91 Å². The first-order valence-corrected chi connectivity index (χ1v) is 13.9. The van der Waals surface area contributed by atoms with Crippen molar-refractivity contribution in [2.24, 2.45) is 5.73 Å². The highest BCUT2D eigenvalue weighted by atomic mass is 35.5. The van der Waals surface area contributed by atoms with Gasteiger partial charge in [-0.05, 0) is 54.3 Å². The molecule has 4 heterocycles. The zero-order valence-electron chi connectivity index (χ0n) is 19.3. The average Bonchev–Trinajstić information content (AvgIpc) is 3.66. The minimum atomic E-state index is -0.786. The number of pyridine rings is 1. The second-order valence-electron chi connectivity index (χ2n) is 8.33. The van der Waals surface area contributed by atoms with Crippen molar-refractivity contribution in [2.75, 3.05) is 0 Å². The first-order valence-electron chi connectivity index (χ1n) is 11.3. The molecule has 37 heavy (non-hydrogen) atoms. The number of primary amides is 1. The van der Waals surface area contributed by atoms with Crippen LogP contribution in [0.2, 0.25) is 10.0 Å². The monoisotopic (exact) mass is 569 g/mol. The number of benzene rings is 1. The third-order valence-electron chi connectivity index (χ3n) is 5.82. The maximum Gasteiger partial charge on any atom is 0.258 e. The van der Waals surface area contributed by atoms with Crippen LogP contribution in [0.5, 0.6) is 0 Å². The minimum absolute atomic E-state index is 0.0857. The fourth-order valence-corrected chi connectivity index (χ4v) is 6.17. The largest absolute Gasteiger partial charge is 0.368 e. The number of rotatable bonds is 8. The summed E-state index contributed by atoms with van der Waals surface area (Å²) >= 11 is 15.4. The second-order valence-corrected chi connectivity index (χ2v) is 11.4. The summed E-state index contributed by atoms with van der Waals surface area (Å²) in [4.78, 5) is 30.8. The van der Waals surface area contributed by atoms with Gasteiger partial charge in [0, 0.05) is 29.3 Å². The van der Waals surface area contributed by atoms with Crippen LogP contribution < -0.4 is 11.1 Å². The Bertz CT molecular complexity index is 1470. The summed E-state index contributed by atoms with van der Waals surface area (Å²) in [6.07, 6.45) is 6.31. The highest BCUT2D eigenvalue weighted by Crippen LogP contribution is 2.45. The number of nitrogens with one attached hydrogen (secondary N) is 1. The maximum atomic E-state index is 13.1. The molecule has 0 fully saturated rings. The number of allylic oxidation sites excluding steroid dienone is 1. The molecule has 0 saturated carbocycles. The molecule has 11 heteroatoms. The average molecular weight is 571 g/mol. The number of thioether (sulfide) groups is 1. The molecule has 1 aliphatic rings. The van der Waals surface area contributed by atoms with Gasteiger partial charge >= 0.3 is 0 Å². The number of nitrogens with two attached hydrogens (primary N) is 1. The number of hydrogen-bond donors (Lipinski definition) is 2. The van der Waals surface area contributed by atoms with Gasteiger partial charge in [-0.25, -0.2) is 4.68 Å². The number of aromatic nitrogens is 3. The number of nitrogens with zero attached hydrogens (tertiary/aromatic N) is 3. The van der Waals surface area contributed by atoms with Crippen molar-refractivity contribution in [3.05, 3.63) is 97.9 Å². The Kier molecular flexibility index (Phi) is 7.66. The normalized spacial score (nSPS) is 15.8. The quantitative estimate of drug-likeness (QED) is 0.288. The molecule has 7 nitrogen and oxygen atoms in total. The van der Waals surface area contributed by atoms with Crippen molar-refractivity contribution in [3.63, 3.8) is 0 Å². The molecule has 0 saturated heterocycles. The Labute approximate surface area is 231 Å². The van der Waals surface area contributed by atoms with Crippen LogP contribution >= 0.6 is 46.3 Å². The van der Waals surface area contributed by atoms with Crippen molar-refractivity contribution in [2.45, 2.75) is 24.1 Å². The van der Waals surface area contributed by atoms with Gasteiger partial charge in [-0.3, -0.25) is 14.6 Å². The van der Waals surface area contributed by atoms with Gasteiger partial charge in [0.1, 0.15) is 6.04 Å². The molecular formula is C26H21Cl2N5O2S2. The summed E-state index contributed by atoms with van der Waals surface area (Å²) in [7, 11) is 0. The number of carbonyl (C=O) groups excluding carboxylic acids is 2. The van der Waals surface area contributed by atoms with E-state index < -0.39 is 11.9 Å². The van der Waals surface area contributed by atoms with Gasteiger partial charge in [0.05, 0.1) is 37.3 Å². The topological polar surface area (TPSA) is 103 Å². The molecule has 0 spiro atoms. The van der Waals surface area contributed by atoms with Crippen molar-refractivity contribution >= 4 is 58.1 Å².